The minimum atomic E-state index is -0.190. The van der Waals surface area contributed by atoms with E-state index < -0.39 is 0 Å². The van der Waals surface area contributed by atoms with E-state index in [4.69, 9.17) is 19.3 Å². The second-order valence-electron chi connectivity index (χ2n) is 4.28. The Morgan fingerprint density at radius 1 is 1.35 bits per heavy atom. The zero-order valence-corrected chi connectivity index (χ0v) is 11.1. The lowest BCUT2D eigenvalue weighted by Gasteiger charge is -2.38. The molecule has 0 aromatic rings. The summed E-state index contributed by atoms with van der Waals surface area (Å²) in [4.78, 5) is 2.25. The average Bonchev–Trinajstić information content (AvgIpc) is 2.32. The van der Waals surface area contributed by atoms with Crippen LogP contribution < -0.4 is 0 Å². The lowest BCUT2D eigenvalue weighted by molar-refractivity contribution is -0.166. The maximum atomic E-state index is 9.12. The van der Waals surface area contributed by atoms with Crippen LogP contribution in [0.3, 0.4) is 0 Å². The molecule has 0 bridgehead atoms. The first kappa shape index (κ1) is 14.9. The maximum absolute atomic E-state index is 9.12. The molecule has 102 valence electrons. The van der Waals surface area contributed by atoms with Crippen LogP contribution in [0.5, 0.6) is 0 Å². The topological polar surface area (TPSA) is 51.2 Å². The summed E-state index contributed by atoms with van der Waals surface area (Å²) >= 11 is 0. The third kappa shape index (κ3) is 4.89. The van der Waals surface area contributed by atoms with Crippen LogP contribution in [0.1, 0.15) is 20.8 Å². The largest absolute Gasteiger partial charge is 0.394 e. The minimum absolute atomic E-state index is 0.0666. The molecule has 0 aromatic heterocycles. The van der Waals surface area contributed by atoms with E-state index in [1.807, 2.05) is 13.8 Å². The normalized spacial score (nSPS) is 26.6. The van der Waals surface area contributed by atoms with Crippen molar-refractivity contribution in [2.45, 2.75) is 39.2 Å². The number of aliphatic hydroxyl groups excluding tert-OH is 1. The molecule has 1 heterocycles. The van der Waals surface area contributed by atoms with Crippen LogP contribution in [0.25, 0.3) is 0 Å². The van der Waals surface area contributed by atoms with Crippen molar-refractivity contribution in [3.8, 4) is 0 Å². The molecule has 2 atom stereocenters. The third-order valence-corrected chi connectivity index (χ3v) is 2.93. The van der Waals surface area contributed by atoms with E-state index in [1.165, 1.54) is 0 Å². The van der Waals surface area contributed by atoms with Gasteiger partial charge in [-0.1, -0.05) is 0 Å². The van der Waals surface area contributed by atoms with Gasteiger partial charge in [0.1, 0.15) is 0 Å². The molecular formula is C12H25NO4. The number of aliphatic hydroxyl groups is 1. The van der Waals surface area contributed by atoms with Crippen molar-refractivity contribution in [2.24, 2.45) is 0 Å². The van der Waals surface area contributed by atoms with Crippen molar-refractivity contribution in [2.75, 3.05) is 39.5 Å². The highest BCUT2D eigenvalue weighted by atomic mass is 16.7. The second kappa shape index (κ2) is 8.00. The number of rotatable bonds is 7. The van der Waals surface area contributed by atoms with E-state index in [1.54, 1.807) is 0 Å². The first-order valence-corrected chi connectivity index (χ1v) is 6.40. The van der Waals surface area contributed by atoms with Gasteiger partial charge in [0.25, 0.3) is 0 Å². The van der Waals surface area contributed by atoms with Crippen LogP contribution in [0.15, 0.2) is 0 Å². The molecule has 0 amide bonds. The number of nitrogens with zero attached hydrogens (tertiary/aromatic N) is 1. The van der Waals surface area contributed by atoms with Crippen LogP contribution in [-0.4, -0.2) is 68.0 Å². The molecule has 1 aliphatic heterocycles. The van der Waals surface area contributed by atoms with Crippen LogP contribution in [0.4, 0.5) is 0 Å². The van der Waals surface area contributed by atoms with Crippen molar-refractivity contribution < 1.29 is 19.3 Å². The molecule has 2 unspecified atom stereocenters. The van der Waals surface area contributed by atoms with E-state index in [2.05, 4.69) is 11.8 Å². The molecule has 0 radical (unpaired) electrons. The Hall–Kier alpha value is -0.200. The summed E-state index contributed by atoms with van der Waals surface area (Å²) in [5.41, 5.74) is 0. The van der Waals surface area contributed by atoms with Crippen LogP contribution >= 0.6 is 0 Å². The molecule has 0 aliphatic carbocycles. The van der Waals surface area contributed by atoms with Crippen molar-refractivity contribution in [3.63, 3.8) is 0 Å². The molecule has 17 heavy (non-hydrogen) atoms. The zero-order chi connectivity index (χ0) is 12.7. The molecule has 1 fully saturated rings. The van der Waals surface area contributed by atoms with E-state index in [0.717, 1.165) is 13.1 Å². The summed E-state index contributed by atoms with van der Waals surface area (Å²) in [6, 6.07) is 0.334. The molecule has 0 aromatic carbocycles. The summed E-state index contributed by atoms with van der Waals surface area (Å²) in [7, 11) is 0. The maximum Gasteiger partial charge on any atom is 0.170 e. The summed E-state index contributed by atoms with van der Waals surface area (Å²) in [5.74, 6) is 0. The van der Waals surface area contributed by atoms with Gasteiger partial charge in [0.2, 0.25) is 0 Å². The summed E-state index contributed by atoms with van der Waals surface area (Å²) in [6.07, 6.45) is -0.278. The predicted octanol–water partition coefficient (Wildman–Crippen LogP) is 0.467. The Morgan fingerprint density at radius 2 is 2.00 bits per heavy atom. The molecule has 5 nitrogen and oxygen atoms in total. The Labute approximate surface area is 104 Å². The number of hydrogen-bond acceptors (Lipinski definition) is 5. The molecule has 0 spiro atoms. The molecule has 5 heteroatoms. The zero-order valence-electron chi connectivity index (χ0n) is 11.1. The van der Waals surface area contributed by atoms with Gasteiger partial charge in [0.05, 0.1) is 19.3 Å². The van der Waals surface area contributed by atoms with E-state index in [0.29, 0.717) is 25.9 Å². The number of hydrogen-bond donors (Lipinski definition) is 1. The Bertz CT molecular complexity index is 197. The van der Waals surface area contributed by atoms with Crippen LogP contribution in [-0.2, 0) is 14.2 Å². The van der Waals surface area contributed by atoms with Gasteiger partial charge < -0.3 is 19.3 Å². The van der Waals surface area contributed by atoms with Gasteiger partial charge in [-0.2, -0.15) is 0 Å². The number of ether oxygens (including phenoxy) is 3. The minimum Gasteiger partial charge on any atom is -0.394 e. The standard InChI is InChI=1S/C12H25NO4/c1-4-15-12(16-5-2)7-13-6-11(8-14)17-9-10(13)3/h10-12,14H,4-9H2,1-3H3. The van der Waals surface area contributed by atoms with Crippen LogP contribution in [0, 0.1) is 0 Å². The van der Waals surface area contributed by atoms with Crippen molar-refractivity contribution in [1.82, 2.24) is 4.90 Å². The molecule has 1 rings (SSSR count). The quantitative estimate of drug-likeness (QED) is 0.663. The number of morpholine rings is 1. The molecule has 1 N–H and O–H groups in total. The highest BCUT2D eigenvalue weighted by Crippen LogP contribution is 2.13. The van der Waals surface area contributed by atoms with Crippen molar-refractivity contribution >= 4 is 0 Å². The fourth-order valence-electron chi connectivity index (χ4n) is 1.96. The third-order valence-electron chi connectivity index (χ3n) is 2.93. The van der Waals surface area contributed by atoms with E-state index in [9.17, 15) is 0 Å². The van der Waals surface area contributed by atoms with Gasteiger partial charge in [0, 0.05) is 32.3 Å². The van der Waals surface area contributed by atoms with Crippen molar-refractivity contribution in [1.29, 1.82) is 0 Å². The lowest BCUT2D eigenvalue weighted by Crippen LogP contribution is -2.52. The monoisotopic (exact) mass is 247 g/mol. The van der Waals surface area contributed by atoms with Gasteiger partial charge in [-0.05, 0) is 20.8 Å². The highest BCUT2D eigenvalue weighted by Gasteiger charge is 2.27. The Morgan fingerprint density at radius 3 is 2.53 bits per heavy atom. The SMILES string of the molecule is CCOC(CN1CC(CO)OCC1C)OCC. The smallest absolute Gasteiger partial charge is 0.170 e. The molecular weight excluding hydrogens is 222 g/mol. The van der Waals surface area contributed by atoms with Crippen molar-refractivity contribution in [3.05, 3.63) is 0 Å². The Balaban J connectivity index is 2.44. The first-order valence-electron chi connectivity index (χ1n) is 6.40. The fraction of sp³-hybridized carbons (Fsp3) is 1.00. The predicted molar refractivity (Wildman–Crippen MR) is 64.9 cm³/mol. The van der Waals surface area contributed by atoms with Gasteiger partial charge in [-0.3, -0.25) is 4.90 Å². The Kier molecular flexibility index (Phi) is 6.99. The fourth-order valence-corrected chi connectivity index (χ4v) is 1.96. The average molecular weight is 247 g/mol. The molecule has 1 aliphatic rings. The molecule has 0 saturated carbocycles. The summed E-state index contributed by atoms with van der Waals surface area (Å²) in [5, 5.41) is 9.12. The molecule has 1 saturated heterocycles. The van der Waals surface area contributed by atoms with Gasteiger partial charge >= 0.3 is 0 Å². The first-order chi connectivity index (χ1) is 8.21. The highest BCUT2D eigenvalue weighted by molar-refractivity contribution is 4.77. The van der Waals surface area contributed by atoms with Gasteiger partial charge in [-0.15, -0.1) is 0 Å². The van der Waals surface area contributed by atoms with Crippen LogP contribution in [0.2, 0.25) is 0 Å². The summed E-state index contributed by atoms with van der Waals surface area (Å²) in [6.45, 7) is 9.50. The second-order valence-corrected chi connectivity index (χ2v) is 4.28. The summed E-state index contributed by atoms with van der Waals surface area (Å²) < 4.78 is 16.6. The van der Waals surface area contributed by atoms with Gasteiger partial charge in [0.15, 0.2) is 6.29 Å². The van der Waals surface area contributed by atoms with E-state index in [-0.39, 0.29) is 19.0 Å². The lowest BCUT2D eigenvalue weighted by atomic mass is 10.2. The van der Waals surface area contributed by atoms with Gasteiger partial charge in [-0.25, -0.2) is 0 Å². The van der Waals surface area contributed by atoms with E-state index >= 15 is 0 Å².